The topological polar surface area (TPSA) is 126 Å². The SMILES string of the molecule is O=S(=O)(c1ccccc1)c1cc(N(S(=O)(=O)c2ccccc2)S(=O)(=O)c2ccccc2)c2ccccc2c1O. The molecule has 1 N–H and O–H groups in total. The first-order valence-electron chi connectivity index (χ1n) is 11.5. The van der Waals surface area contributed by atoms with Gasteiger partial charge in [-0.3, -0.25) is 0 Å². The van der Waals surface area contributed by atoms with E-state index in [4.69, 9.17) is 0 Å². The van der Waals surface area contributed by atoms with Crippen molar-refractivity contribution < 1.29 is 30.4 Å². The summed E-state index contributed by atoms with van der Waals surface area (Å²) in [6.45, 7) is 0. The molecule has 0 atom stereocenters. The molecular weight excluding hydrogens is 559 g/mol. The van der Waals surface area contributed by atoms with Gasteiger partial charge in [0, 0.05) is 10.8 Å². The first-order valence-corrected chi connectivity index (χ1v) is 15.9. The molecule has 0 radical (unpaired) electrons. The molecular formula is C28H21NO7S3. The Bertz CT molecular complexity index is 1930. The first kappa shape index (κ1) is 26.4. The highest BCUT2D eigenvalue weighted by molar-refractivity contribution is 8.10. The minimum Gasteiger partial charge on any atom is -0.506 e. The highest BCUT2D eigenvalue weighted by Gasteiger charge is 2.39. The third-order valence-electron chi connectivity index (χ3n) is 6.02. The van der Waals surface area contributed by atoms with Crippen LogP contribution in [-0.4, -0.2) is 30.4 Å². The molecule has 5 aromatic carbocycles. The van der Waals surface area contributed by atoms with Gasteiger partial charge in [0.25, 0.3) is 20.0 Å². The lowest BCUT2D eigenvalue weighted by molar-refractivity contribution is 0.465. The number of hydrogen-bond acceptors (Lipinski definition) is 7. The van der Waals surface area contributed by atoms with Crippen LogP contribution in [0, 0.1) is 0 Å². The van der Waals surface area contributed by atoms with E-state index in [2.05, 4.69) is 0 Å². The fourth-order valence-corrected chi connectivity index (χ4v) is 9.32. The molecule has 0 heterocycles. The lowest BCUT2D eigenvalue weighted by Crippen LogP contribution is -2.37. The third-order valence-corrected chi connectivity index (χ3v) is 12.0. The van der Waals surface area contributed by atoms with Gasteiger partial charge in [0.05, 0.1) is 20.4 Å². The molecule has 0 saturated heterocycles. The van der Waals surface area contributed by atoms with Crippen molar-refractivity contribution in [3.8, 4) is 5.75 Å². The summed E-state index contributed by atoms with van der Waals surface area (Å²) in [7, 11) is -14.0. The smallest absolute Gasteiger partial charge is 0.277 e. The number of phenols is 1. The van der Waals surface area contributed by atoms with Gasteiger partial charge in [-0.05, 0) is 42.5 Å². The van der Waals surface area contributed by atoms with E-state index in [1.807, 2.05) is 0 Å². The molecule has 0 amide bonds. The van der Waals surface area contributed by atoms with Gasteiger partial charge in [-0.2, -0.15) is 3.71 Å². The Labute approximate surface area is 226 Å². The monoisotopic (exact) mass is 579 g/mol. The largest absolute Gasteiger partial charge is 0.506 e. The predicted octanol–water partition coefficient (Wildman–Crippen LogP) is 4.96. The van der Waals surface area contributed by atoms with Crippen molar-refractivity contribution in [2.24, 2.45) is 0 Å². The quantitative estimate of drug-likeness (QED) is 0.289. The fraction of sp³-hybridized carbons (Fsp3) is 0. The van der Waals surface area contributed by atoms with E-state index in [1.165, 1.54) is 97.1 Å². The minimum absolute atomic E-state index is 0.0148. The Kier molecular flexibility index (Phi) is 6.67. The predicted molar refractivity (Wildman–Crippen MR) is 147 cm³/mol. The van der Waals surface area contributed by atoms with Crippen LogP contribution in [0.2, 0.25) is 0 Å². The molecule has 5 rings (SSSR count). The average molecular weight is 580 g/mol. The van der Waals surface area contributed by atoms with E-state index in [9.17, 15) is 30.4 Å². The summed E-state index contributed by atoms with van der Waals surface area (Å²) < 4.78 is 83.7. The van der Waals surface area contributed by atoms with Crippen LogP contribution >= 0.6 is 0 Å². The summed E-state index contributed by atoms with van der Waals surface area (Å²) in [6, 6.07) is 27.9. The summed E-state index contributed by atoms with van der Waals surface area (Å²) in [6.07, 6.45) is 0. The van der Waals surface area contributed by atoms with Crippen molar-refractivity contribution in [3.63, 3.8) is 0 Å². The zero-order valence-corrected chi connectivity index (χ0v) is 22.6. The summed E-state index contributed by atoms with van der Waals surface area (Å²) in [5, 5.41) is 11.1. The Morgan fingerprint density at radius 3 is 1.33 bits per heavy atom. The molecule has 0 aliphatic rings. The maximum atomic E-state index is 14.0. The molecule has 0 aromatic heterocycles. The van der Waals surface area contributed by atoms with Crippen molar-refractivity contribution in [2.45, 2.75) is 19.6 Å². The second kappa shape index (κ2) is 9.84. The number of hydrogen-bond donors (Lipinski definition) is 1. The van der Waals surface area contributed by atoms with Gasteiger partial charge in [0.2, 0.25) is 9.84 Å². The van der Waals surface area contributed by atoms with E-state index in [1.54, 1.807) is 18.2 Å². The molecule has 0 unspecified atom stereocenters. The number of nitrogens with zero attached hydrogens (tertiary/aromatic N) is 1. The van der Waals surface area contributed by atoms with Gasteiger partial charge >= 0.3 is 0 Å². The van der Waals surface area contributed by atoms with E-state index in [0.717, 1.165) is 6.07 Å². The van der Waals surface area contributed by atoms with Gasteiger partial charge in [-0.1, -0.05) is 78.9 Å². The maximum Gasteiger partial charge on any atom is 0.277 e. The summed E-state index contributed by atoms with van der Waals surface area (Å²) >= 11 is 0. The summed E-state index contributed by atoms with van der Waals surface area (Å²) in [4.78, 5) is -1.45. The van der Waals surface area contributed by atoms with Crippen LogP contribution in [0.3, 0.4) is 0 Å². The van der Waals surface area contributed by atoms with E-state index in [-0.39, 0.29) is 29.2 Å². The number of sulfonamides is 2. The van der Waals surface area contributed by atoms with Gasteiger partial charge < -0.3 is 5.11 Å². The van der Waals surface area contributed by atoms with Crippen molar-refractivity contribution >= 4 is 46.3 Å². The molecule has 198 valence electrons. The molecule has 0 aliphatic carbocycles. The van der Waals surface area contributed by atoms with Crippen LogP contribution in [0.25, 0.3) is 10.8 Å². The molecule has 0 spiro atoms. The van der Waals surface area contributed by atoms with Gasteiger partial charge in [-0.15, -0.1) is 0 Å². The van der Waals surface area contributed by atoms with Crippen molar-refractivity contribution in [3.05, 3.63) is 121 Å². The Balaban J connectivity index is 1.91. The van der Waals surface area contributed by atoms with Crippen LogP contribution < -0.4 is 3.71 Å². The number of aromatic hydroxyl groups is 1. The van der Waals surface area contributed by atoms with Crippen LogP contribution in [0.5, 0.6) is 5.75 Å². The van der Waals surface area contributed by atoms with Crippen LogP contribution in [0.1, 0.15) is 0 Å². The lowest BCUT2D eigenvalue weighted by atomic mass is 10.1. The fourth-order valence-electron chi connectivity index (χ4n) is 4.16. The Morgan fingerprint density at radius 2 is 0.872 bits per heavy atom. The zero-order chi connectivity index (χ0) is 27.8. The van der Waals surface area contributed by atoms with Crippen LogP contribution in [0.15, 0.2) is 141 Å². The molecule has 0 bridgehead atoms. The maximum absolute atomic E-state index is 14.0. The van der Waals surface area contributed by atoms with E-state index < -0.39 is 46.2 Å². The average Bonchev–Trinajstić information content (AvgIpc) is 2.95. The third kappa shape index (κ3) is 4.54. The summed E-state index contributed by atoms with van der Waals surface area (Å²) in [5.74, 6) is -0.632. The second-order valence-electron chi connectivity index (χ2n) is 8.44. The van der Waals surface area contributed by atoms with Crippen molar-refractivity contribution in [1.29, 1.82) is 0 Å². The highest BCUT2D eigenvalue weighted by atomic mass is 32.3. The van der Waals surface area contributed by atoms with E-state index >= 15 is 0 Å². The molecule has 5 aromatic rings. The van der Waals surface area contributed by atoms with Crippen LogP contribution in [-0.2, 0) is 29.9 Å². The van der Waals surface area contributed by atoms with Gasteiger partial charge in [-0.25, -0.2) is 25.3 Å². The molecule has 0 saturated carbocycles. The first-order chi connectivity index (χ1) is 18.6. The Hall–Kier alpha value is -4.19. The normalized spacial score (nSPS) is 12.3. The molecule has 8 nitrogen and oxygen atoms in total. The van der Waals surface area contributed by atoms with Crippen molar-refractivity contribution in [1.82, 2.24) is 0 Å². The van der Waals surface area contributed by atoms with E-state index in [0.29, 0.717) is 0 Å². The summed E-state index contributed by atoms with van der Waals surface area (Å²) in [5.41, 5.74) is -0.453. The minimum atomic E-state index is -4.82. The van der Waals surface area contributed by atoms with Crippen LogP contribution in [0.4, 0.5) is 5.69 Å². The molecule has 11 heteroatoms. The number of rotatable bonds is 7. The number of anilines is 1. The molecule has 0 fully saturated rings. The number of sulfone groups is 1. The van der Waals surface area contributed by atoms with Gasteiger partial charge in [0.1, 0.15) is 10.6 Å². The van der Waals surface area contributed by atoms with Gasteiger partial charge in [0.15, 0.2) is 0 Å². The molecule has 39 heavy (non-hydrogen) atoms. The number of phenolic OH excluding ortho intramolecular Hbond substituents is 1. The standard InChI is InChI=1S/C28H21NO7S3/c30-28-25-19-11-10-18-24(25)26(20-27(28)37(31,32)21-12-4-1-5-13-21)29(38(33,34)22-14-6-2-7-15-22)39(35,36)23-16-8-3-9-17-23/h1-20,30H. The highest BCUT2D eigenvalue weighted by Crippen LogP contribution is 2.43. The lowest BCUT2D eigenvalue weighted by Gasteiger charge is -2.26. The molecule has 0 aliphatic heterocycles. The number of benzene rings is 5. The number of fused-ring (bicyclic) bond motifs is 1. The zero-order valence-electron chi connectivity index (χ0n) is 20.1. The van der Waals surface area contributed by atoms with Crippen molar-refractivity contribution in [2.75, 3.05) is 3.71 Å². The second-order valence-corrected chi connectivity index (χ2v) is 14.2. The Morgan fingerprint density at radius 1 is 0.487 bits per heavy atom.